The van der Waals surface area contributed by atoms with Gasteiger partial charge in [-0.2, -0.15) is 0 Å². The van der Waals surface area contributed by atoms with Gasteiger partial charge in [-0.25, -0.2) is 0 Å². The van der Waals surface area contributed by atoms with Gasteiger partial charge in [-0.1, -0.05) is 0 Å². The van der Waals surface area contributed by atoms with Gasteiger partial charge in [0.15, 0.2) is 0 Å². The predicted octanol–water partition coefficient (Wildman–Crippen LogP) is 0.0858. The lowest BCUT2D eigenvalue weighted by molar-refractivity contribution is -0.0226. The van der Waals surface area contributed by atoms with Gasteiger partial charge in [0.05, 0.1) is 18.8 Å². The van der Waals surface area contributed by atoms with Crippen molar-refractivity contribution in [2.45, 2.75) is 25.4 Å². The fourth-order valence-corrected chi connectivity index (χ4v) is 2.79. The molecule has 2 aliphatic heterocycles. The normalized spacial score (nSPS) is 26.2. The number of hydrogen-bond donors (Lipinski definition) is 2. The molecule has 0 aliphatic carbocycles. The zero-order chi connectivity index (χ0) is 13.6. The van der Waals surface area contributed by atoms with Gasteiger partial charge in [-0.3, -0.25) is 4.90 Å². The fraction of sp³-hybridized carbons (Fsp3) is 1.00. The third-order valence-electron chi connectivity index (χ3n) is 3.95. The molecule has 2 aliphatic rings. The van der Waals surface area contributed by atoms with Gasteiger partial charge in [0, 0.05) is 39.4 Å². The van der Waals surface area contributed by atoms with E-state index in [1.807, 2.05) is 6.92 Å². The minimum Gasteiger partial charge on any atom is -0.388 e. The molecule has 0 spiro atoms. The summed E-state index contributed by atoms with van der Waals surface area (Å²) in [4.78, 5) is 2.28. The molecule has 2 N–H and O–H groups in total. The van der Waals surface area contributed by atoms with Crippen LogP contribution in [-0.2, 0) is 9.47 Å². The minimum absolute atomic E-state index is 0.654. The average molecular weight is 272 g/mol. The Morgan fingerprint density at radius 1 is 1.16 bits per heavy atom. The predicted molar refractivity (Wildman–Crippen MR) is 74.3 cm³/mol. The summed E-state index contributed by atoms with van der Waals surface area (Å²) in [6.07, 6.45) is 2.28. The molecule has 0 aromatic rings. The molecule has 0 aromatic heterocycles. The van der Waals surface area contributed by atoms with Crippen molar-refractivity contribution in [3.8, 4) is 0 Å². The lowest BCUT2D eigenvalue weighted by Gasteiger charge is -2.34. The van der Waals surface area contributed by atoms with Crippen LogP contribution in [0.2, 0.25) is 0 Å². The topological polar surface area (TPSA) is 54.0 Å². The quantitative estimate of drug-likeness (QED) is 0.717. The first-order chi connectivity index (χ1) is 9.16. The van der Waals surface area contributed by atoms with Crippen LogP contribution in [0.4, 0.5) is 0 Å². The van der Waals surface area contributed by atoms with Gasteiger partial charge in [0.25, 0.3) is 0 Å². The standard InChI is InChI=1S/C14H28N2O3/c1-14(17,12-16-4-8-19-9-5-16)11-15-10-13-2-6-18-7-3-13/h13,15,17H,2-12H2,1H3. The molecule has 1 unspecified atom stereocenters. The minimum atomic E-state index is -0.664. The summed E-state index contributed by atoms with van der Waals surface area (Å²) in [5.41, 5.74) is -0.664. The van der Waals surface area contributed by atoms with Crippen LogP contribution in [0.3, 0.4) is 0 Å². The summed E-state index contributed by atoms with van der Waals surface area (Å²) in [6.45, 7) is 9.47. The summed E-state index contributed by atoms with van der Waals surface area (Å²) in [5, 5.41) is 13.8. The largest absolute Gasteiger partial charge is 0.388 e. The van der Waals surface area contributed by atoms with E-state index in [1.54, 1.807) is 0 Å². The number of ether oxygens (including phenoxy) is 2. The highest BCUT2D eigenvalue weighted by molar-refractivity contribution is 4.81. The van der Waals surface area contributed by atoms with Crippen molar-refractivity contribution in [3.05, 3.63) is 0 Å². The number of rotatable bonds is 6. The summed E-state index contributed by atoms with van der Waals surface area (Å²) >= 11 is 0. The van der Waals surface area contributed by atoms with Crippen molar-refractivity contribution in [3.63, 3.8) is 0 Å². The molecule has 0 amide bonds. The van der Waals surface area contributed by atoms with Crippen LogP contribution in [0.5, 0.6) is 0 Å². The van der Waals surface area contributed by atoms with E-state index in [0.717, 1.165) is 65.4 Å². The number of nitrogens with one attached hydrogen (secondary N) is 1. The summed E-state index contributed by atoms with van der Waals surface area (Å²) in [7, 11) is 0. The molecule has 0 bridgehead atoms. The Balaban J connectivity index is 1.62. The van der Waals surface area contributed by atoms with Crippen molar-refractivity contribution in [1.29, 1.82) is 0 Å². The highest BCUT2D eigenvalue weighted by Gasteiger charge is 2.25. The molecular weight excluding hydrogens is 244 g/mol. The molecule has 112 valence electrons. The molecule has 5 heteroatoms. The highest BCUT2D eigenvalue weighted by Crippen LogP contribution is 2.14. The van der Waals surface area contributed by atoms with E-state index in [-0.39, 0.29) is 0 Å². The maximum atomic E-state index is 10.4. The molecule has 0 aromatic carbocycles. The number of β-amino-alcohol motifs (C(OH)–C–C–N with tert-alkyl or cyclic N) is 1. The maximum absolute atomic E-state index is 10.4. The van der Waals surface area contributed by atoms with E-state index in [4.69, 9.17) is 9.47 Å². The van der Waals surface area contributed by atoms with E-state index in [1.165, 1.54) is 0 Å². The second-order valence-electron chi connectivity index (χ2n) is 6.07. The van der Waals surface area contributed by atoms with Crippen LogP contribution >= 0.6 is 0 Å². The van der Waals surface area contributed by atoms with Gasteiger partial charge in [-0.05, 0) is 32.2 Å². The van der Waals surface area contributed by atoms with E-state index >= 15 is 0 Å². The molecule has 5 nitrogen and oxygen atoms in total. The summed E-state index contributed by atoms with van der Waals surface area (Å²) in [6, 6.07) is 0. The molecule has 2 saturated heterocycles. The first-order valence-corrected chi connectivity index (χ1v) is 7.47. The smallest absolute Gasteiger partial charge is 0.0869 e. The van der Waals surface area contributed by atoms with Crippen LogP contribution in [0.1, 0.15) is 19.8 Å². The molecule has 2 heterocycles. The molecule has 0 saturated carbocycles. The summed E-state index contributed by atoms with van der Waals surface area (Å²) < 4.78 is 10.7. The first-order valence-electron chi connectivity index (χ1n) is 7.47. The van der Waals surface area contributed by atoms with Crippen molar-refractivity contribution >= 4 is 0 Å². The number of hydrogen-bond acceptors (Lipinski definition) is 5. The Hall–Kier alpha value is -0.200. The van der Waals surface area contributed by atoms with Gasteiger partial charge in [-0.15, -0.1) is 0 Å². The lowest BCUT2D eigenvalue weighted by atomic mass is 9.99. The Bertz CT molecular complexity index is 249. The van der Waals surface area contributed by atoms with E-state index in [2.05, 4.69) is 10.2 Å². The van der Waals surface area contributed by atoms with Crippen molar-refractivity contribution < 1.29 is 14.6 Å². The Morgan fingerprint density at radius 3 is 2.47 bits per heavy atom. The summed E-state index contributed by atoms with van der Waals surface area (Å²) in [5.74, 6) is 0.702. The van der Waals surface area contributed by atoms with Crippen LogP contribution in [0.25, 0.3) is 0 Å². The number of nitrogens with zero attached hydrogens (tertiary/aromatic N) is 1. The molecular formula is C14H28N2O3. The van der Waals surface area contributed by atoms with E-state index < -0.39 is 5.60 Å². The van der Waals surface area contributed by atoms with Crippen LogP contribution in [0, 0.1) is 5.92 Å². The zero-order valence-electron chi connectivity index (χ0n) is 12.1. The van der Waals surface area contributed by atoms with Crippen molar-refractivity contribution in [1.82, 2.24) is 10.2 Å². The maximum Gasteiger partial charge on any atom is 0.0869 e. The first kappa shape index (κ1) is 15.2. The van der Waals surface area contributed by atoms with E-state index in [9.17, 15) is 5.11 Å². The van der Waals surface area contributed by atoms with E-state index in [0.29, 0.717) is 12.5 Å². The highest BCUT2D eigenvalue weighted by atomic mass is 16.5. The Kier molecular flexibility index (Phi) is 6.04. The number of morpholine rings is 1. The second kappa shape index (κ2) is 7.55. The monoisotopic (exact) mass is 272 g/mol. The van der Waals surface area contributed by atoms with Crippen molar-refractivity contribution in [2.24, 2.45) is 5.92 Å². The number of aliphatic hydroxyl groups is 1. The van der Waals surface area contributed by atoms with Crippen LogP contribution < -0.4 is 5.32 Å². The van der Waals surface area contributed by atoms with Gasteiger partial charge in [0.1, 0.15) is 0 Å². The Morgan fingerprint density at radius 2 is 1.79 bits per heavy atom. The molecule has 2 rings (SSSR count). The zero-order valence-corrected chi connectivity index (χ0v) is 12.1. The van der Waals surface area contributed by atoms with Gasteiger partial charge in [0.2, 0.25) is 0 Å². The molecule has 0 radical (unpaired) electrons. The second-order valence-corrected chi connectivity index (χ2v) is 6.07. The molecule has 19 heavy (non-hydrogen) atoms. The van der Waals surface area contributed by atoms with Crippen LogP contribution in [-0.4, -0.2) is 74.8 Å². The average Bonchev–Trinajstić information content (AvgIpc) is 2.40. The third-order valence-corrected chi connectivity index (χ3v) is 3.95. The lowest BCUT2D eigenvalue weighted by Crippen LogP contribution is -2.51. The third kappa shape index (κ3) is 5.75. The molecule has 1 atom stereocenters. The Labute approximate surface area is 116 Å². The molecule has 2 fully saturated rings. The van der Waals surface area contributed by atoms with Gasteiger partial charge >= 0.3 is 0 Å². The van der Waals surface area contributed by atoms with Crippen molar-refractivity contribution in [2.75, 3.05) is 59.2 Å². The SMILES string of the molecule is CC(O)(CNCC1CCOCC1)CN1CCOCC1. The van der Waals surface area contributed by atoms with Gasteiger partial charge < -0.3 is 19.9 Å². The fourth-order valence-electron chi connectivity index (χ4n) is 2.79. The van der Waals surface area contributed by atoms with Crippen LogP contribution in [0.15, 0.2) is 0 Å².